The van der Waals surface area contributed by atoms with Gasteiger partial charge in [-0.05, 0) is 44.2 Å². The van der Waals surface area contributed by atoms with Crippen LogP contribution in [-0.4, -0.2) is 35.0 Å². The molecule has 0 bridgehead atoms. The van der Waals surface area contributed by atoms with Gasteiger partial charge >= 0.3 is 0 Å². The summed E-state index contributed by atoms with van der Waals surface area (Å²) in [7, 11) is 0. The van der Waals surface area contributed by atoms with Crippen LogP contribution in [0.15, 0.2) is 35.6 Å². The standard InChI is InChI=1S/C16H19N5/c1-12(6-5-7-17-2)14-10-13-15(11-18-14)19-20-16(13)21-8-3-4-9-21/h5-7,10-11H,2-4,8-9H2,1H3,(H,19,20)/b7-5-,12-6+. The van der Waals surface area contributed by atoms with Gasteiger partial charge in [-0.2, -0.15) is 5.10 Å². The molecule has 1 aliphatic rings. The number of H-pyrrole nitrogens is 1. The first-order valence-electron chi connectivity index (χ1n) is 7.18. The predicted octanol–water partition coefficient (Wildman–Crippen LogP) is 3.18. The van der Waals surface area contributed by atoms with E-state index in [0.29, 0.717) is 0 Å². The molecule has 0 aromatic carbocycles. The van der Waals surface area contributed by atoms with Crippen molar-refractivity contribution in [3.05, 3.63) is 36.3 Å². The van der Waals surface area contributed by atoms with Gasteiger partial charge in [0.1, 0.15) is 0 Å². The van der Waals surface area contributed by atoms with E-state index in [1.165, 1.54) is 12.8 Å². The average Bonchev–Trinajstić information content (AvgIpc) is 3.15. The van der Waals surface area contributed by atoms with Crippen LogP contribution in [0.3, 0.4) is 0 Å². The van der Waals surface area contributed by atoms with Gasteiger partial charge < -0.3 is 4.90 Å². The SMILES string of the molecule is C=N/C=C\C=C(/C)c1cc2c(N3CCCC3)n[nH]c2cn1. The second kappa shape index (κ2) is 5.91. The molecule has 0 atom stereocenters. The first kappa shape index (κ1) is 13.5. The summed E-state index contributed by atoms with van der Waals surface area (Å²) < 4.78 is 0. The lowest BCUT2D eigenvalue weighted by atomic mass is 10.1. The Kier molecular flexibility index (Phi) is 3.81. The van der Waals surface area contributed by atoms with Gasteiger partial charge in [-0.1, -0.05) is 6.08 Å². The number of aromatic nitrogens is 3. The normalized spacial score (nSPS) is 16.2. The molecule has 1 aliphatic heterocycles. The summed E-state index contributed by atoms with van der Waals surface area (Å²) in [6, 6.07) is 2.10. The third-order valence-electron chi connectivity index (χ3n) is 3.77. The molecule has 3 rings (SSSR count). The Hall–Kier alpha value is -2.43. The molecule has 0 aliphatic carbocycles. The lowest BCUT2D eigenvalue weighted by Crippen LogP contribution is -2.18. The highest BCUT2D eigenvalue weighted by molar-refractivity contribution is 5.91. The first-order valence-corrected chi connectivity index (χ1v) is 7.18. The monoisotopic (exact) mass is 281 g/mol. The van der Waals surface area contributed by atoms with Crippen LogP contribution in [0.4, 0.5) is 5.82 Å². The summed E-state index contributed by atoms with van der Waals surface area (Å²) in [6.07, 6.45) is 9.85. The number of rotatable bonds is 4. The van der Waals surface area contributed by atoms with E-state index in [9.17, 15) is 0 Å². The number of fused-ring (bicyclic) bond motifs is 1. The van der Waals surface area contributed by atoms with Crippen molar-refractivity contribution >= 4 is 29.0 Å². The average molecular weight is 281 g/mol. The quantitative estimate of drug-likeness (QED) is 0.691. The number of anilines is 1. The molecule has 1 N–H and O–H groups in total. The van der Waals surface area contributed by atoms with Gasteiger partial charge in [0.25, 0.3) is 0 Å². The molecule has 2 aromatic rings. The van der Waals surface area contributed by atoms with E-state index in [0.717, 1.165) is 41.1 Å². The molecule has 0 radical (unpaired) electrons. The van der Waals surface area contributed by atoms with Crippen LogP contribution >= 0.6 is 0 Å². The van der Waals surface area contributed by atoms with E-state index in [1.807, 2.05) is 25.3 Å². The van der Waals surface area contributed by atoms with Gasteiger partial charge in [0, 0.05) is 24.7 Å². The Balaban J connectivity index is 1.98. The van der Waals surface area contributed by atoms with Gasteiger partial charge in [0.2, 0.25) is 0 Å². The maximum atomic E-state index is 4.49. The van der Waals surface area contributed by atoms with E-state index in [4.69, 9.17) is 0 Å². The Morgan fingerprint density at radius 2 is 2.24 bits per heavy atom. The minimum absolute atomic E-state index is 0.957. The largest absolute Gasteiger partial charge is 0.355 e. The number of aromatic amines is 1. The molecule has 0 amide bonds. The summed E-state index contributed by atoms with van der Waals surface area (Å²) >= 11 is 0. The van der Waals surface area contributed by atoms with E-state index in [2.05, 4.69) is 37.9 Å². The fourth-order valence-electron chi connectivity index (χ4n) is 2.62. The minimum Gasteiger partial charge on any atom is -0.355 e. The second-order valence-electron chi connectivity index (χ2n) is 5.23. The molecular weight excluding hydrogens is 262 g/mol. The Bertz CT molecular complexity index is 705. The molecule has 0 saturated carbocycles. The van der Waals surface area contributed by atoms with Crippen molar-refractivity contribution in [1.82, 2.24) is 15.2 Å². The van der Waals surface area contributed by atoms with Crippen molar-refractivity contribution in [2.24, 2.45) is 4.99 Å². The van der Waals surface area contributed by atoms with Gasteiger partial charge in [0.05, 0.1) is 17.4 Å². The fourth-order valence-corrected chi connectivity index (χ4v) is 2.62. The number of allylic oxidation sites excluding steroid dienone is 3. The molecule has 3 heterocycles. The Labute approximate surface area is 124 Å². The van der Waals surface area contributed by atoms with Crippen molar-refractivity contribution in [2.75, 3.05) is 18.0 Å². The van der Waals surface area contributed by atoms with Crippen LogP contribution in [0.1, 0.15) is 25.5 Å². The maximum absolute atomic E-state index is 4.49. The zero-order valence-corrected chi connectivity index (χ0v) is 12.2. The minimum atomic E-state index is 0.957. The zero-order chi connectivity index (χ0) is 14.7. The van der Waals surface area contributed by atoms with Crippen LogP contribution in [-0.2, 0) is 0 Å². The highest BCUT2D eigenvalue weighted by atomic mass is 15.3. The third kappa shape index (κ3) is 2.72. The number of pyridine rings is 1. The van der Waals surface area contributed by atoms with Crippen LogP contribution in [0.2, 0.25) is 0 Å². The molecule has 21 heavy (non-hydrogen) atoms. The van der Waals surface area contributed by atoms with Crippen molar-refractivity contribution in [3.63, 3.8) is 0 Å². The van der Waals surface area contributed by atoms with Crippen molar-refractivity contribution in [2.45, 2.75) is 19.8 Å². The van der Waals surface area contributed by atoms with Crippen LogP contribution in [0.5, 0.6) is 0 Å². The molecule has 2 aromatic heterocycles. The van der Waals surface area contributed by atoms with Gasteiger partial charge in [-0.3, -0.25) is 15.1 Å². The Morgan fingerprint density at radius 1 is 1.43 bits per heavy atom. The second-order valence-corrected chi connectivity index (χ2v) is 5.23. The molecule has 1 saturated heterocycles. The molecule has 0 spiro atoms. The number of aliphatic imine (C=N–C) groups is 1. The van der Waals surface area contributed by atoms with E-state index in [1.54, 1.807) is 6.20 Å². The summed E-state index contributed by atoms with van der Waals surface area (Å²) in [5, 5.41) is 8.67. The number of nitrogens with zero attached hydrogens (tertiary/aromatic N) is 4. The Morgan fingerprint density at radius 3 is 3.00 bits per heavy atom. The molecule has 5 heteroatoms. The topological polar surface area (TPSA) is 57.2 Å². The van der Waals surface area contributed by atoms with Gasteiger partial charge in [-0.25, -0.2) is 0 Å². The van der Waals surface area contributed by atoms with E-state index >= 15 is 0 Å². The number of hydrogen-bond donors (Lipinski definition) is 1. The zero-order valence-electron chi connectivity index (χ0n) is 12.2. The molecular formula is C16H19N5. The molecule has 1 fully saturated rings. The van der Waals surface area contributed by atoms with Crippen LogP contribution in [0, 0.1) is 0 Å². The predicted molar refractivity (Wildman–Crippen MR) is 87.7 cm³/mol. The smallest absolute Gasteiger partial charge is 0.158 e. The van der Waals surface area contributed by atoms with E-state index in [-0.39, 0.29) is 0 Å². The summed E-state index contributed by atoms with van der Waals surface area (Å²) in [4.78, 5) is 10.5. The lowest BCUT2D eigenvalue weighted by molar-refractivity contribution is 0.926. The third-order valence-corrected chi connectivity index (χ3v) is 3.77. The number of nitrogens with one attached hydrogen (secondary N) is 1. The highest BCUT2D eigenvalue weighted by Crippen LogP contribution is 2.28. The van der Waals surface area contributed by atoms with Crippen molar-refractivity contribution < 1.29 is 0 Å². The maximum Gasteiger partial charge on any atom is 0.158 e. The molecule has 5 nitrogen and oxygen atoms in total. The first-order chi connectivity index (χ1) is 10.3. The summed E-state index contributed by atoms with van der Waals surface area (Å²) in [5.74, 6) is 1.04. The van der Waals surface area contributed by atoms with E-state index < -0.39 is 0 Å². The van der Waals surface area contributed by atoms with Gasteiger partial charge in [0.15, 0.2) is 5.82 Å². The van der Waals surface area contributed by atoms with Crippen LogP contribution < -0.4 is 4.90 Å². The van der Waals surface area contributed by atoms with Crippen molar-refractivity contribution in [1.29, 1.82) is 0 Å². The van der Waals surface area contributed by atoms with Crippen LogP contribution in [0.25, 0.3) is 16.5 Å². The fraction of sp³-hybridized carbons (Fsp3) is 0.312. The van der Waals surface area contributed by atoms with Gasteiger partial charge in [-0.15, -0.1) is 0 Å². The molecule has 0 unspecified atom stereocenters. The summed E-state index contributed by atoms with van der Waals surface area (Å²) in [6.45, 7) is 7.63. The van der Waals surface area contributed by atoms with Crippen molar-refractivity contribution in [3.8, 4) is 0 Å². The highest BCUT2D eigenvalue weighted by Gasteiger charge is 2.18. The summed E-state index contributed by atoms with van der Waals surface area (Å²) in [5.41, 5.74) is 3.03. The number of hydrogen-bond acceptors (Lipinski definition) is 4. The lowest BCUT2D eigenvalue weighted by Gasteiger charge is -2.14. The molecule has 108 valence electrons.